The highest BCUT2D eigenvalue weighted by molar-refractivity contribution is 5.76. The maximum Gasteiger partial charge on any atom is 0.244 e. The summed E-state index contributed by atoms with van der Waals surface area (Å²) in [7, 11) is 0. The van der Waals surface area contributed by atoms with E-state index >= 15 is 0 Å². The summed E-state index contributed by atoms with van der Waals surface area (Å²) in [6, 6.07) is -0.0741. The molecule has 1 aromatic heterocycles. The van der Waals surface area contributed by atoms with E-state index in [2.05, 4.69) is 17.2 Å². The van der Waals surface area contributed by atoms with E-state index in [4.69, 9.17) is 5.73 Å². The Balaban J connectivity index is 1.99. The molecule has 7 heteroatoms. The first-order valence-corrected chi connectivity index (χ1v) is 6.15. The number of hydrogen-bond donors (Lipinski definition) is 2. The van der Waals surface area contributed by atoms with Crippen molar-refractivity contribution >= 4 is 5.91 Å². The van der Waals surface area contributed by atoms with Gasteiger partial charge in [-0.05, 0) is 12.3 Å². The fourth-order valence-corrected chi connectivity index (χ4v) is 2.34. The minimum Gasteiger partial charge on any atom is -0.394 e. The largest absolute Gasteiger partial charge is 0.394 e. The van der Waals surface area contributed by atoms with Gasteiger partial charge in [0.1, 0.15) is 6.54 Å². The second-order valence-corrected chi connectivity index (χ2v) is 4.71. The number of hydrogen-bond acceptors (Lipinski definition) is 5. The Morgan fingerprint density at radius 1 is 1.67 bits per heavy atom. The van der Waals surface area contributed by atoms with E-state index in [0.29, 0.717) is 24.7 Å². The molecule has 2 unspecified atom stereocenters. The van der Waals surface area contributed by atoms with Gasteiger partial charge >= 0.3 is 0 Å². The topological polar surface area (TPSA) is 97.3 Å². The first-order chi connectivity index (χ1) is 8.65. The third-order valence-electron chi connectivity index (χ3n) is 3.48. The minimum absolute atomic E-state index is 0.0122. The molecule has 0 saturated carbocycles. The summed E-state index contributed by atoms with van der Waals surface area (Å²) in [5.41, 5.74) is 6.10. The Labute approximate surface area is 106 Å². The lowest BCUT2D eigenvalue weighted by atomic mass is 10.0. The molecule has 1 aromatic rings. The quantitative estimate of drug-likeness (QED) is 0.715. The average Bonchev–Trinajstić information content (AvgIpc) is 2.95. The smallest absolute Gasteiger partial charge is 0.244 e. The van der Waals surface area contributed by atoms with Gasteiger partial charge in [0.05, 0.1) is 24.5 Å². The van der Waals surface area contributed by atoms with Crippen LogP contribution in [0.1, 0.15) is 19.0 Å². The van der Waals surface area contributed by atoms with Crippen LogP contribution in [0, 0.1) is 5.92 Å². The predicted molar refractivity (Wildman–Crippen MR) is 64.3 cm³/mol. The summed E-state index contributed by atoms with van der Waals surface area (Å²) < 4.78 is 1.49. The molecule has 7 nitrogen and oxygen atoms in total. The van der Waals surface area contributed by atoms with Crippen molar-refractivity contribution in [3.8, 4) is 0 Å². The van der Waals surface area contributed by atoms with Crippen LogP contribution in [0.5, 0.6) is 0 Å². The molecule has 2 heterocycles. The van der Waals surface area contributed by atoms with Crippen LogP contribution in [0.4, 0.5) is 0 Å². The van der Waals surface area contributed by atoms with Crippen molar-refractivity contribution < 1.29 is 9.90 Å². The maximum atomic E-state index is 12.1. The van der Waals surface area contributed by atoms with Gasteiger partial charge < -0.3 is 15.7 Å². The van der Waals surface area contributed by atoms with Crippen LogP contribution in [0.25, 0.3) is 0 Å². The molecule has 2 atom stereocenters. The molecule has 1 saturated heterocycles. The second-order valence-electron chi connectivity index (χ2n) is 4.71. The number of likely N-dealkylation sites (tertiary alicyclic amines) is 1. The molecule has 1 aliphatic heterocycles. The van der Waals surface area contributed by atoms with Gasteiger partial charge in [-0.15, -0.1) is 5.10 Å². The van der Waals surface area contributed by atoms with E-state index < -0.39 is 0 Å². The highest BCUT2D eigenvalue weighted by Crippen LogP contribution is 2.23. The monoisotopic (exact) mass is 253 g/mol. The lowest BCUT2D eigenvalue weighted by Gasteiger charge is -2.25. The van der Waals surface area contributed by atoms with E-state index in [1.807, 2.05) is 0 Å². The van der Waals surface area contributed by atoms with Crippen LogP contribution in [0.15, 0.2) is 6.20 Å². The summed E-state index contributed by atoms with van der Waals surface area (Å²) in [5.74, 6) is 0.307. The van der Waals surface area contributed by atoms with Gasteiger partial charge in [0.15, 0.2) is 0 Å². The Hall–Kier alpha value is -1.47. The zero-order valence-corrected chi connectivity index (χ0v) is 10.5. The van der Waals surface area contributed by atoms with Crippen LogP contribution in [0.3, 0.4) is 0 Å². The van der Waals surface area contributed by atoms with Crippen LogP contribution in [-0.4, -0.2) is 50.1 Å². The molecule has 1 amide bonds. The van der Waals surface area contributed by atoms with Crippen molar-refractivity contribution in [2.24, 2.45) is 11.7 Å². The summed E-state index contributed by atoms with van der Waals surface area (Å²) in [4.78, 5) is 13.9. The molecule has 1 fully saturated rings. The Bertz CT molecular complexity index is 419. The van der Waals surface area contributed by atoms with Gasteiger partial charge in [0, 0.05) is 13.1 Å². The highest BCUT2D eigenvalue weighted by Gasteiger charge is 2.33. The van der Waals surface area contributed by atoms with E-state index in [0.717, 1.165) is 6.42 Å². The van der Waals surface area contributed by atoms with Gasteiger partial charge in [-0.2, -0.15) is 0 Å². The van der Waals surface area contributed by atoms with Crippen LogP contribution < -0.4 is 5.73 Å². The molecule has 3 N–H and O–H groups in total. The number of rotatable bonds is 4. The summed E-state index contributed by atoms with van der Waals surface area (Å²) in [5, 5.41) is 17.0. The molecule has 1 aliphatic rings. The second kappa shape index (κ2) is 5.45. The van der Waals surface area contributed by atoms with Gasteiger partial charge in [-0.1, -0.05) is 12.1 Å². The van der Waals surface area contributed by atoms with Gasteiger partial charge in [-0.25, -0.2) is 4.68 Å². The van der Waals surface area contributed by atoms with Crippen molar-refractivity contribution in [1.82, 2.24) is 19.9 Å². The molecule has 0 spiro atoms. The Kier molecular flexibility index (Phi) is 3.93. The fraction of sp³-hybridized carbons (Fsp3) is 0.727. The number of carbonyl (C=O) groups excluding carboxylic acids is 1. The number of aliphatic hydroxyl groups excluding tert-OH is 1. The first kappa shape index (κ1) is 13.0. The van der Waals surface area contributed by atoms with Gasteiger partial charge in [0.25, 0.3) is 0 Å². The molecule has 18 heavy (non-hydrogen) atoms. The number of aliphatic hydroxyl groups is 1. The normalized spacial score (nSPS) is 23.6. The molecule has 100 valence electrons. The summed E-state index contributed by atoms with van der Waals surface area (Å²) in [6.07, 6.45) is 2.60. The average molecular weight is 253 g/mol. The zero-order chi connectivity index (χ0) is 13.1. The SMILES string of the molecule is CC1CCN(C(=O)Cn2cc(CN)nn2)C1CO. The number of nitrogens with two attached hydrogens (primary N) is 1. The van der Waals surface area contributed by atoms with Crippen LogP contribution >= 0.6 is 0 Å². The van der Waals surface area contributed by atoms with E-state index in [1.54, 1.807) is 11.1 Å². The van der Waals surface area contributed by atoms with Crippen LogP contribution in [0.2, 0.25) is 0 Å². The third kappa shape index (κ3) is 2.51. The van der Waals surface area contributed by atoms with E-state index in [9.17, 15) is 9.90 Å². The van der Waals surface area contributed by atoms with E-state index in [1.165, 1.54) is 4.68 Å². The first-order valence-electron chi connectivity index (χ1n) is 6.15. The Morgan fingerprint density at radius 2 is 2.44 bits per heavy atom. The number of aromatic nitrogens is 3. The van der Waals surface area contributed by atoms with Crippen molar-refractivity contribution in [2.45, 2.75) is 32.5 Å². The zero-order valence-electron chi connectivity index (χ0n) is 10.5. The summed E-state index contributed by atoms with van der Waals surface area (Å²) >= 11 is 0. The molecule has 0 radical (unpaired) electrons. The molecule has 0 aromatic carbocycles. The minimum atomic E-state index is -0.0741. The highest BCUT2D eigenvalue weighted by atomic mass is 16.3. The number of carbonyl (C=O) groups is 1. The van der Waals surface area contributed by atoms with Crippen LogP contribution in [-0.2, 0) is 17.9 Å². The number of amides is 1. The molecule has 2 rings (SSSR count). The lowest BCUT2D eigenvalue weighted by Crippen LogP contribution is -2.41. The van der Waals surface area contributed by atoms with Crippen molar-refractivity contribution in [1.29, 1.82) is 0 Å². The third-order valence-corrected chi connectivity index (χ3v) is 3.48. The predicted octanol–water partition coefficient (Wildman–Crippen LogP) is -1.03. The lowest BCUT2D eigenvalue weighted by molar-refractivity contribution is -0.134. The fourth-order valence-electron chi connectivity index (χ4n) is 2.34. The molecular formula is C11H19N5O2. The summed E-state index contributed by atoms with van der Waals surface area (Å²) in [6.45, 7) is 3.22. The Morgan fingerprint density at radius 3 is 3.06 bits per heavy atom. The molecule has 0 aliphatic carbocycles. The van der Waals surface area contributed by atoms with Gasteiger partial charge in [-0.3, -0.25) is 4.79 Å². The molecular weight excluding hydrogens is 234 g/mol. The van der Waals surface area contributed by atoms with Crippen molar-refractivity contribution in [3.63, 3.8) is 0 Å². The van der Waals surface area contributed by atoms with Crippen molar-refractivity contribution in [2.75, 3.05) is 13.2 Å². The van der Waals surface area contributed by atoms with Crippen molar-refractivity contribution in [3.05, 3.63) is 11.9 Å². The van der Waals surface area contributed by atoms with Gasteiger partial charge in [0.2, 0.25) is 5.91 Å². The molecule has 0 bridgehead atoms. The standard InChI is InChI=1S/C11H19N5O2/c1-8-2-3-16(10(8)7-17)11(18)6-15-5-9(4-12)13-14-15/h5,8,10,17H,2-4,6-7,12H2,1H3. The number of nitrogens with zero attached hydrogens (tertiary/aromatic N) is 4. The maximum absolute atomic E-state index is 12.1. The van der Waals surface area contributed by atoms with E-state index in [-0.39, 0.29) is 25.1 Å².